The molecule has 0 saturated heterocycles. The molecule has 0 aliphatic heterocycles. The zero-order chi connectivity index (χ0) is 13.1. The number of hydrogen-bond acceptors (Lipinski definition) is 4. The summed E-state index contributed by atoms with van der Waals surface area (Å²) < 4.78 is 5.81. The van der Waals surface area contributed by atoms with Crippen molar-refractivity contribution in [3.8, 4) is 5.75 Å². The molecule has 0 saturated carbocycles. The summed E-state index contributed by atoms with van der Waals surface area (Å²) in [6.07, 6.45) is 0. The van der Waals surface area contributed by atoms with Crippen molar-refractivity contribution in [2.75, 3.05) is 0 Å². The molecule has 1 aromatic heterocycles. The van der Waals surface area contributed by atoms with Crippen LogP contribution in [0.25, 0.3) is 0 Å². The van der Waals surface area contributed by atoms with E-state index < -0.39 is 0 Å². The number of hydrogen-bond donors (Lipinski definition) is 1. The lowest BCUT2D eigenvalue weighted by atomic mass is 10.1. The monoisotopic (exact) mass is 282 g/mol. The van der Waals surface area contributed by atoms with Gasteiger partial charge >= 0.3 is 0 Å². The average Bonchev–Trinajstić information content (AvgIpc) is 2.75. The SMILES string of the molecule is Cc1cc(Cl)cc(C)c1OCc1csc(CN)n1. The van der Waals surface area contributed by atoms with Crippen LogP contribution in [0.2, 0.25) is 5.02 Å². The van der Waals surface area contributed by atoms with Gasteiger partial charge in [-0.2, -0.15) is 0 Å². The third-order valence-corrected chi connectivity index (χ3v) is 3.70. The highest BCUT2D eigenvalue weighted by Gasteiger charge is 2.07. The number of aryl methyl sites for hydroxylation is 2. The maximum Gasteiger partial charge on any atom is 0.131 e. The molecule has 1 aromatic carbocycles. The molecule has 3 nitrogen and oxygen atoms in total. The molecule has 0 aliphatic rings. The summed E-state index contributed by atoms with van der Waals surface area (Å²) >= 11 is 7.54. The minimum atomic E-state index is 0.458. The zero-order valence-corrected chi connectivity index (χ0v) is 11.9. The van der Waals surface area contributed by atoms with Gasteiger partial charge in [-0.25, -0.2) is 4.98 Å². The number of benzene rings is 1. The molecule has 0 aliphatic carbocycles. The van der Waals surface area contributed by atoms with Gasteiger partial charge in [-0.15, -0.1) is 11.3 Å². The summed E-state index contributed by atoms with van der Waals surface area (Å²) in [5, 5.41) is 3.64. The molecule has 2 N–H and O–H groups in total. The fourth-order valence-corrected chi connectivity index (χ4v) is 2.77. The molecule has 0 atom stereocenters. The Morgan fingerprint density at radius 1 is 1.33 bits per heavy atom. The van der Waals surface area contributed by atoms with E-state index in [4.69, 9.17) is 22.1 Å². The molecule has 0 fully saturated rings. The van der Waals surface area contributed by atoms with E-state index in [-0.39, 0.29) is 0 Å². The zero-order valence-electron chi connectivity index (χ0n) is 10.4. The highest BCUT2D eigenvalue weighted by Crippen LogP contribution is 2.27. The first-order valence-corrected chi connectivity index (χ1v) is 6.89. The summed E-state index contributed by atoms with van der Waals surface area (Å²) in [4.78, 5) is 4.36. The number of nitrogens with zero attached hydrogens (tertiary/aromatic N) is 1. The Balaban J connectivity index is 2.10. The summed E-state index contributed by atoms with van der Waals surface area (Å²) in [6, 6.07) is 3.80. The highest BCUT2D eigenvalue weighted by atomic mass is 35.5. The second kappa shape index (κ2) is 5.69. The molecular weight excluding hydrogens is 268 g/mol. The van der Waals surface area contributed by atoms with Crippen molar-refractivity contribution in [2.24, 2.45) is 5.73 Å². The van der Waals surface area contributed by atoms with Crippen molar-refractivity contribution in [3.05, 3.63) is 44.4 Å². The molecule has 0 spiro atoms. The molecule has 0 amide bonds. The molecular formula is C13H15ClN2OS. The van der Waals surface area contributed by atoms with Crippen LogP contribution in [0.4, 0.5) is 0 Å². The summed E-state index contributed by atoms with van der Waals surface area (Å²) in [5.74, 6) is 0.877. The van der Waals surface area contributed by atoms with Crippen molar-refractivity contribution < 1.29 is 4.74 Å². The van der Waals surface area contributed by atoms with E-state index in [1.54, 1.807) is 11.3 Å². The second-order valence-corrected chi connectivity index (χ2v) is 5.47. The van der Waals surface area contributed by atoms with Gasteiger partial charge in [-0.1, -0.05) is 11.6 Å². The van der Waals surface area contributed by atoms with E-state index in [1.165, 1.54) is 0 Å². The van der Waals surface area contributed by atoms with E-state index in [1.807, 2.05) is 31.4 Å². The number of aromatic nitrogens is 1. The number of rotatable bonds is 4. The number of thiazole rings is 1. The highest BCUT2D eigenvalue weighted by molar-refractivity contribution is 7.09. The van der Waals surface area contributed by atoms with Gasteiger partial charge in [-0.3, -0.25) is 0 Å². The van der Waals surface area contributed by atoms with Gasteiger partial charge in [0.1, 0.15) is 17.4 Å². The Hall–Kier alpha value is -1.10. The lowest BCUT2D eigenvalue weighted by Crippen LogP contribution is -2.01. The maximum atomic E-state index is 5.98. The normalized spacial score (nSPS) is 10.7. The van der Waals surface area contributed by atoms with Gasteiger partial charge in [0.15, 0.2) is 0 Å². The third-order valence-electron chi connectivity index (χ3n) is 2.56. The van der Waals surface area contributed by atoms with Gasteiger partial charge in [-0.05, 0) is 37.1 Å². The first kappa shape index (κ1) is 13.3. The first-order valence-electron chi connectivity index (χ1n) is 5.63. The Bertz CT molecular complexity index is 531. The Morgan fingerprint density at radius 3 is 2.56 bits per heavy atom. The Morgan fingerprint density at radius 2 is 2.00 bits per heavy atom. The van der Waals surface area contributed by atoms with E-state index in [9.17, 15) is 0 Å². The Kier molecular flexibility index (Phi) is 4.22. The first-order chi connectivity index (χ1) is 8.60. The second-order valence-electron chi connectivity index (χ2n) is 4.09. The molecule has 5 heteroatoms. The smallest absolute Gasteiger partial charge is 0.131 e. The quantitative estimate of drug-likeness (QED) is 0.934. The summed E-state index contributed by atoms with van der Waals surface area (Å²) in [5.41, 5.74) is 8.51. The molecule has 1 heterocycles. The van der Waals surface area contributed by atoms with Crippen molar-refractivity contribution in [2.45, 2.75) is 27.0 Å². The van der Waals surface area contributed by atoms with E-state index in [2.05, 4.69) is 4.98 Å². The maximum absolute atomic E-state index is 5.98. The van der Waals surface area contributed by atoms with E-state index in [0.717, 1.165) is 32.6 Å². The van der Waals surface area contributed by atoms with Crippen molar-refractivity contribution >= 4 is 22.9 Å². The lowest BCUT2D eigenvalue weighted by molar-refractivity contribution is 0.298. The molecule has 2 rings (SSSR count). The van der Waals surface area contributed by atoms with E-state index in [0.29, 0.717) is 13.2 Å². The van der Waals surface area contributed by atoms with Crippen LogP contribution in [-0.4, -0.2) is 4.98 Å². The van der Waals surface area contributed by atoms with Gasteiger partial charge in [0.05, 0.1) is 5.69 Å². The molecule has 96 valence electrons. The predicted octanol–water partition coefficient (Wildman–Crippen LogP) is 3.45. The molecule has 0 radical (unpaired) electrons. The van der Waals surface area contributed by atoms with Crippen LogP contribution in [0.3, 0.4) is 0 Å². The summed E-state index contributed by atoms with van der Waals surface area (Å²) in [7, 11) is 0. The largest absolute Gasteiger partial charge is 0.487 e. The van der Waals surface area contributed by atoms with Gasteiger partial charge in [0.25, 0.3) is 0 Å². The average molecular weight is 283 g/mol. The summed E-state index contributed by atoms with van der Waals surface area (Å²) in [6.45, 7) is 4.91. The molecule has 2 aromatic rings. The van der Waals surface area contributed by atoms with Crippen molar-refractivity contribution in [1.29, 1.82) is 0 Å². The minimum absolute atomic E-state index is 0.458. The van der Waals surface area contributed by atoms with Crippen LogP contribution in [0.5, 0.6) is 5.75 Å². The predicted molar refractivity (Wildman–Crippen MR) is 75.3 cm³/mol. The molecule has 18 heavy (non-hydrogen) atoms. The fourth-order valence-electron chi connectivity index (χ4n) is 1.78. The van der Waals surface area contributed by atoms with E-state index >= 15 is 0 Å². The van der Waals surface area contributed by atoms with Crippen molar-refractivity contribution in [1.82, 2.24) is 4.98 Å². The van der Waals surface area contributed by atoms with Crippen LogP contribution in [-0.2, 0) is 13.2 Å². The van der Waals surface area contributed by atoms with Gasteiger partial charge < -0.3 is 10.5 Å². The van der Waals surface area contributed by atoms with Crippen molar-refractivity contribution in [3.63, 3.8) is 0 Å². The van der Waals surface area contributed by atoms with Gasteiger partial charge in [0, 0.05) is 16.9 Å². The number of ether oxygens (including phenoxy) is 1. The molecule has 0 unspecified atom stereocenters. The Labute approximate surface area is 116 Å². The van der Waals surface area contributed by atoms with Crippen LogP contribution in [0.1, 0.15) is 21.8 Å². The molecule has 0 bridgehead atoms. The van der Waals surface area contributed by atoms with Crippen LogP contribution in [0, 0.1) is 13.8 Å². The van der Waals surface area contributed by atoms with Crippen LogP contribution in [0.15, 0.2) is 17.5 Å². The van der Waals surface area contributed by atoms with Crippen LogP contribution < -0.4 is 10.5 Å². The number of halogens is 1. The lowest BCUT2D eigenvalue weighted by Gasteiger charge is -2.11. The minimum Gasteiger partial charge on any atom is -0.487 e. The third kappa shape index (κ3) is 3.02. The standard InChI is InChI=1S/C13H15ClN2OS/c1-8-3-10(14)4-9(2)13(8)17-6-11-7-18-12(5-15)16-11/h3-4,7H,5-6,15H2,1-2H3. The number of nitrogens with two attached hydrogens (primary N) is 1. The fraction of sp³-hybridized carbons (Fsp3) is 0.308. The van der Waals surface area contributed by atoms with Gasteiger partial charge in [0.2, 0.25) is 0 Å². The topological polar surface area (TPSA) is 48.1 Å². The van der Waals surface area contributed by atoms with Crippen LogP contribution >= 0.6 is 22.9 Å².